The molecule has 1 fully saturated rings. The maximum atomic E-state index is 12.0. The van der Waals surface area contributed by atoms with Crippen LogP contribution in [0.25, 0.3) is 0 Å². The Morgan fingerprint density at radius 1 is 1.44 bits per heavy atom. The first kappa shape index (κ1) is 12.4. The highest BCUT2D eigenvalue weighted by Gasteiger charge is 2.22. The molecule has 1 aliphatic rings. The Hall–Kier alpha value is -2.02. The summed E-state index contributed by atoms with van der Waals surface area (Å²) in [5.74, 6) is 0.164. The van der Waals surface area contributed by atoms with Crippen molar-refractivity contribution < 1.29 is 14.4 Å². The van der Waals surface area contributed by atoms with Crippen molar-refractivity contribution in [1.29, 1.82) is 0 Å². The summed E-state index contributed by atoms with van der Waals surface area (Å²) in [6.07, 6.45) is 2.94. The van der Waals surface area contributed by atoms with E-state index in [-0.39, 0.29) is 11.7 Å². The maximum absolute atomic E-state index is 12.0. The molecule has 1 amide bonds. The smallest absolute Gasteiger partial charge is 0.257 e. The Morgan fingerprint density at radius 3 is 2.72 bits per heavy atom. The Labute approximate surface area is 104 Å². The highest BCUT2D eigenvalue weighted by atomic mass is 16.4. The summed E-state index contributed by atoms with van der Waals surface area (Å²) in [7, 11) is 0. The van der Waals surface area contributed by atoms with E-state index in [4.69, 9.17) is 15.4 Å². The molecule has 0 spiro atoms. The van der Waals surface area contributed by atoms with Crippen LogP contribution in [-0.2, 0) is 0 Å². The molecule has 1 saturated heterocycles. The van der Waals surface area contributed by atoms with Crippen LogP contribution in [0.5, 0.6) is 0 Å². The molecular formula is C11H16N4O3. The summed E-state index contributed by atoms with van der Waals surface area (Å²) in [5, 5.41) is 11.4. The van der Waals surface area contributed by atoms with Gasteiger partial charge >= 0.3 is 0 Å². The van der Waals surface area contributed by atoms with Gasteiger partial charge in [-0.25, -0.2) is 0 Å². The van der Waals surface area contributed by atoms with Crippen LogP contribution >= 0.6 is 0 Å². The fourth-order valence-corrected chi connectivity index (χ4v) is 1.94. The van der Waals surface area contributed by atoms with Crippen molar-refractivity contribution >= 4 is 11.7 Å². The normalized spacial score (nSPS) is 18.0. The van der Waals surface area contributed by atoms with Crippen molar-refractivity contribution in [3.05, 3.63) is 24.2 Å². The second-order valence-electron chi connectivity index (χ2n) is 4.17. The molecule has 7 heteroatoms. The molecule has 0 radical (unpaired) electrons. The fraction of sp³-hybridized carbons (Fsp3) is 0.455. The molecule has 98 valence electrons. The number of amides is 1. The maximum Gasteiger partial charge on any atom is 0.257 e. The Balaban J connectivity index is 1.85. The number of carbonyl (C=O) groups is 1. The van der Waals surface area contributed by atoms with Gasteiger partial charge in [-0.1, -0.05) is 5.16 Å². The highest BCUT2D eigenvalue weighted by Crippen LogP contribution is 2.09. The zero-order chi connectivity index (χ0) is 13.0. The number of nitrogens with zero attached hydrogens (tertiary/aromatic N) is 3. The van der Waals surface area contributed by atoms with Crippen molar-refractivity contribution in [3.8, 4) is 0 Å². The molecule has 7 nitrogen and oxygen atoms in total. The topological polar surface area (TPSA) is 95.3 Å². The lowest BCUT2D eigenvalue weighted by atomic mass is 10.2. The zero-order valence-corrected chi connectivity index (χ0v) is 9.95. The molecule has 0 aromatic carbocycles. The molecule has 18 heavy (non-hydrogen) atoms. The van der Waals surface area contributed by atoms with Crippen molar-refractivity contribution in [2.24, 2.45) is 10.9 Å². The third-order valence-corrected chi connectivity index (χ3v) is 2.94. The summed E-state index contributed by atoms with van der Waals surface area (Å²) < 4.78 is 4.90. The minimum atomic E-state index is -0.0211. The molecule has 1 aromatic heterocycles. The number of amidine groups is 1. The van der Waals surface area contributed by atoms with E-state index in [1.165, 1.54) is 12.5 Å². The van der Waals surface area contributed by atoms with E-state index in [2.05, 4.69) is 5.16 Å². The molecular weight excluding hydrogens is 236 g/mol. The van der Waals surface area contributed by atoms with Crippen molar-refractivity contribution in [2.45, 2.75) is 0 Å². The second-order valence-corrected chi connectivity index (χ2v) is 4.17. The summed E-state index contributed by atoms with van der Waals surface area (Å²) in [6.45, 7) is 3.09. The fourth-order valence-electron chi connectivity index (χ4n) is 1.94. The third-order valence-electron chi connectivity index (χ3n) is 2.94. The first-order valence-electron chi connectivity index (χ1n) is 5.71. The summed E-state index contributed by atoms with van der Waals surface area (Å²) >= 11 is 0. The second kappa shape index (κ2) is 5.54. The number of hydrogen-bond acceptors (Lipinski definition) is 5. The number of carbonyl (C=O) groups excluding carboxylic acids is 1. The molecule has 0 bridgehead atoms. The van der Waals surface area contributed by atoms with E-state index in [0.717, 1.165) is 0 Å². The van der Waals surface area contributed by atoms with E-state index in [1.54, 1.807) is 11.0 Å². The van der Waals surface area contributed by atoms with Crippen LogP contribution in [0.2, 0.25) is 0 Å². The quantitative estimate of drug-likeness (QED) is 0.336. The van der Waals surface area contributed by atoms with Crippen molar-refractivity contribution in [3.63, 3.8) is 0 Å². The molecule has 1 aliphatic heterocycles. The monoisotopic (exact) mass is 252 g/mol. The minimum absolute atomic E-state index is 0.0211. The van der Waals surface area contributed by atoms with Gasteiger partial charge in [0.15, 0.2) is 5.84 Å². The number of rotatable bonds is 3. The molecule has 0 unspecified atom stereocenters. The lowest BCUT2D eigenvalue weighted by Gasteiger charge is -2.34. The van der Waals surface area contributed by atoms with Crippen LogP contribution in [0, 0.1) is 0 Å². The van der Waals surface area contributed by atoms with Gasteiger partial charge < -0.3 is 20.3 Å². The van der Waals surface area contributed by atoms with Crippen LogP contribution in [0.4, 0.5) is 0 Å². The van der Waals surface area contributed by atoms with Crippen LogP contribution in [-0.4, -0.2) is 59.5 Å². The molecule has 3 N–H and O–H groups in total. The number of furan rings is 1. The van der Waals surface area contributed by atoms with Crippen LogP contribution in [0.3, 0.4) is 0 Å². The van der Waals surface area contributed by atoms with E-state index < -0.39 is 0 Å². The van der Waals surface area contributed by atoms with E-state index in [9.17, 15) is 4.79 Å². The molecule has 0 atom stereocenters. The Morgan fingerprint density at radius 2 is 2.17 bits per heavy atom. The summed E-state index contributed by atoms with van der Waals surface area (Å²) in [4.78, 5) is 15.8. The molecule has 1 aromatic rings. The Bertz CT molecular complexity index is 422. The average molecular weight is 252 g/mol. The van der Waals surface area contributed by atoms with Gasteiger partial charge in [0, 0.05) is 26.2 Å². The van der Waals surface area contributed by atoms with Gasteiger partial charge in [-0.05, 0) is 6.07 Å². The van der Waals surface area contributed by atoms with Gasteiger partial charge in [-0.2, -0.15) is 0 Å². The molecule has 2 rings (SSSR count). The molecule has 0 aliphatic carbocycles. The van der Waals surface area contributed by atoms with Gasteiger partial charge in [-0.15, -0.1) is 0 Å². The van der Waals surface area contributed by atoms with E-state index in [0.29, 0.717) is 38.3 Å². The van der Waals surface area contributed by atoms with Gasteiger partial charge in [0.25, 0.3) is 5.91 Å². The summed E-state index contributed by atoms with van der Waals surface area (Å²) in [5.41, 5.74) is 6.01. The van der Waals surface area contributed by atoms with Crippen molar-refractivity contribution in [1.82, 2.24) is 9.80 Å². The number of oxime groups is 1. The lowest BCUT2D eigenvalue weighted by Crippen LogP contribution is -2.50. The number of hydrogen-bond donors (Lipinski definition) is 2. The number of piperazine rings is 1. The highest BCUT2D eigenvalue weighted by molar-refractivity contribution is 5.93. The summed E-state index contributed by atoms with van der Waals surface area (Å²) in [6, 6.07) is 1.66. The van der Waals surface area contributed by atoms with Crippen LogP contribution in [0.15, 0.2) is 28.2 Å². The third kappa shape index (κ3) is 2.80. The van der Waals surface area contributed by atoms with E-state index >= 15 is 0 Å². The predicted molar refractivity (Wildman–Crippen MR) is 64.5 cm³/mol. The predicted octanol–water partition coefficient (Wildman–Crippen LogP) is -0.216. The SMILES string of the molecule is NC(CN1CCN(C(=O)c2ccoc2)CC1)=NO. The largest absolute Gasteiger partial charge is 0.472 e. The molecule has 0 saturated carbocycles. The van der Waals surface area contributed by atoms with E-state index in [1.807, 2.05) is 4.90 Å². The molecule has 2 heterocycles. The minimum Gasteiger partial charge on any atom is -0.472 e. The number of nitrogens with two attached hydrogens (primary N) is 1. The van der Waals surface area contributed by atoms with Gasteiger partial charge in [0.2, 0.25) is 0 Å². The van der Waals surface area contributed by atoms with Crippen molar-refractivity contribution in [2.75, 3.05) is 32.7 Å². The first-order valence-corrected chi connectivity index (χ1v) is 5.71. The standard InChI is InChI=1S/C11H16N4O3/c12-10(13-17)7-14-2-4-15(5-3-14)11(16)9-1-6-18-8-9/h1,6,8,17H,2-5,7H2,(H2,12,13). The van der Waals surface area contributed by atoms with Crippen LogP contribution < -0.4 is 5.73 Å². The average Bonchev–Trinajstić information content (AvgIpc) is 2.92. The zero-order valence-electron chi connectivity index (χ0n) is 9.95. The van der Waals surface area contributed by atoms with Gasteiger partial charge in [0.1, 0.15) is 6.26 Å². The van der Waals surface area contributed by atoms with Crippen LogP contribution in [0.1, 0.15) is 10.4 Å². The lowest BCUT2D eigenvalue weighted by molar-refractivity contribution is 0.0652. The Kier molecular flexibility index (Phi) is 3.83. The first-order chi connectivity index (χ1) is 8.70. The van der Waals surface area contributed by atoms with Gasteiger partial charge in [-0.3, -0.25) is 9.69 Å². The van der Waals surface area contributed by atoms with Gasteiger partial charge in [0.05, 0.1) is 18.4 Å².